The van der Waals surface area contributed by atoms with Gasteiger partial charge in [0.2, 0.25) is 0 Å². The van der Waals surface area contributed by atoms with Crippen LogP contribution in [0.5, 0.6) is 0 Å². The molecule has 3 amide bonds. The molecule has 1 aliphatic heterocycles. The molecule has 1 fully saturated rings. The number of nitro groups is 1. The summed E-state index contributed by atoms with van der Waals surface area (Å²) in [6, 6.07) is 1.92. The summed E-state index contributed by atoms with van der Waals surface area (Å²) >= 11 is 0. The lowest BCUT2D eigenvalue weighted by molar-refractivity contribution is -0.402. The van der Waals surface area contributed by atoms with Gasteiger partial charge in [-0.05, 0) is 6.07 Å². The van der Waals surface area contributed by atoms with Crippen molar-refractivity contribution in [3.05, 3.63) is 46.4 Å². The Morgan fingerprint density at radius 2 is 2.21 bits per heavy atom. The number of urea groups is 1. The van der Waals surface area contributed by atoms with E-state index in [1.54, 1.807) is 0 Å². The summed E-state index contributed by atoms with van der Waals surface area (Å²) in [6.45, 7) is 3.52. The van der Waals surface area contributed by atoms with E-state index in [4.69, 9.17) is 4.42 Å². The highest BCUT2D eigenvalue weighted by Gasteiger charge is 2.32. The zero-order chi connectivity index (χ0) is 14.0. The van der Waals surface area contributed by atoms with Crippen molar-refractivity contribution in [3.8, 4) is 0 Å². The molecule has 0 spiro atoms. The lowest BCUT2D eigenvalue weighted by atomic mass is 10.3. The smallest absolute Gasteiger partial charge is 0.401 e. The summed E-state index contributed by atoms with van der Waals surface area (Å²) in [4.78, 5) is 34.0. The molecule has 1 saturated heterocycles. The predicted molar refractivity (Wildman–Crippen MR) is 63.8 cm³/mol. The number of imide groups is 1. The van der Waals surface area contributed by atoms with Crippen LogP contribution < -0.4 is 5.32 Å². The van der Waals surface area contributed by atoms with Gasteiger partial charge in [0, 0.05) is 12.6 Å². The van der Waals surface area contributed by atoms with E-state index in [1.807, 2.05) is 0 Å². The van der Waals surface area contributed by atoms with Crippen molar-refractivity contribution in [2.45, 2.75) is 0 Å². The quantitative estimate of drug-likeness (QED) is 0.289. The molecule has 8 heteroatoms. The van der Waals surface area contributed by atoms with E-state index >= 15 is 0 Å². The highest BCUT2D eigenvalue weighted by atomic mass is 16.6. The molecule has 1 aromatic heterocycles. The number of nitrogens with zero attached hydrogens (tertiary/aromatic N) is 2. The van der Waals surface area contributed by atoms with Gasteiger partial charge >= 0.3 is 11.9 Å². The van der Waals surface area contributed by atoms with Crippen LogP contribution in [0.25, 0.3) is 6.08 Å². The first-order chi connectivity index (χ1) is 9.02. The highest BCUT2D eigenvalue weighted by molar-refractivity contribution is 6.13. The lowest BCUT2D eigenvalue weighted by Crippen LogP contribution is -2.30. The highest BCUT2D eigenvalue weighted by Crippen LogP contribution is 2.19. The average molecular weight is 263 g/mol. The Bertz CT molecular complexity index is 601. The van der Waals surface area contributed by atoms with Gasteiger partial charge in [-0.25, -0.2) is 4.79 Å². The zero-order valence-corrected chi connectivity index (χ0v) is 9.66. The number of rotatable bonds is 4. The Morgan fingerprint density at radius 1 is 1.47 bits per heavy atom. The Hall–Kier alpha value is -2.90. The van der Waals surface area contributed by atoms with Crippen molar-refractivity contribution in [2.75, 3.05) is 6.54 Å². The number of nitrogens with one attached hydrogen (secondary N) is 1. The van der Waals surface area contributed by atoms with Crippen LogP contribution in [-0.4, -0.2) is 28.3 Å². The summed E-state index contributed by atoms with van der Waals surface area (Å²) in [5.74, 6) is -0.869. The van der Waals surface area contributed by atoms with Crippen LogP contribution in [0.4, 0.5) is 10.7 Å². The van der Waals surface area contributed by atoms with Crippen molar-refractivity contribution < 1.29 is 18.9 Å². The van der Waals surface area contributed by atoms with Crippen molar-refractivity contribution in [3.63, 3.8) is 0 Å². The SMILES string of the molecule is C=CCN1C(=O)N/C(=C/c2ccc([N+](=O)[O-])o2)C1=O. The molecule has 0 radical (unpaired) electrons. The molecule has 0 bridgehead atoms. The maximum atomic E-state index is 11.8. The molecular formula is C11H9N3O5. The van der Waals surface area contributed by atoms with Gasteiger partial charge in [0.15, 0.2) is 0 Å². The first-order valence-electron chi connectivity index (χ1n) is 5.22. The van der Waals surface area contributed by atoms with Crippen molar-refractivity contribution in [2.24, 2.45) is 0 Å². The minimum absolute atomic E-state index is 0.00361. The van der Waals surface area contributed by atoms with Gasteiger partial charge in [0.1, 0.15) is 16.4 Å². The molecule has 98 valence electrons. The maximum Gasteiger partial charge on any atom is 0.433 e. The van der Waals surface area contributed by atoms with Gasteiger partial charge in [-0.1, -0.05) is 6.08 Å². The standard InChI is InChI=1S/C11H9N3O5/c1-2-5-13-10(15)8(12-11(13)16)6-7-3-4-9(19-7)14(17)18/h2-4,6H,1,5H2,(H,12,16)/b8-6+. The first kappa shape index (κ1) is 12.6. The van der Waals surface area contributed by atoms with Gasteiger partial charge in [-0.15, -0.1) is 6.58 Å². The predicted octanol–water partition coefficient (Wildman–Crippen LogP) is 1.27. The lowest BCUT2D eigenvalue weighted by Gasteiger charge is -2.06. The van der Waals surface area contributed by atoms with Crippen LogP contribution in [-0.2, 0) is 4.79 Å². The number of furan rings is 1. The molecule has 0 saturated carbocycles. The Morgan fingerprint density at radius 3 is 2.79 bits per heavy atom. The minimum Gasteiger partial charge on any atom is -0.401 e. The van der Waals surface area contributed by atoms with Crippen LogP contribution in [0, 0.1) is 10.1 Å². The van der Waals surface area contributed by atoms with Gasteiger partial charge in [0.05, 0.1) is 6.07 Å². The minimum atomic E-state index is -0.693. The van der Waals surface area contributed by atoms with E-state index in [0.29, 0.717) is 0 Å². The van der Waals surface area contributed by atoms with E-state index in [1.165, 1.54) is 18.2 Å². The molecule has 1 aromatic rings. The monoisotopic (exact) mass is 263 g/mol. The molecule has 1 aliphatic rings. The van der Waals surface area contributed by atoms with Crippen LogP contribution in [0.15, 0.2) is 34.9 Å². The molecule has 2 heterocycles. The number of amides is 3. The fourth-order valence-corrected chi connectivity index (χ4v) is 1.53. The second-order valence-electron chi connectivity index (χ2n) is 3.63. The fraction of sp³-hybridized carbons (Fsp3) is 0.0909. The molecule has 19 heavy (non-hydrogen) atoms. The topological polar surface area (TPSA) is 106 Å². The Labute approximate surface area is 107 Å². The third-order valence-corrected chi connectivity index (χ3v) is 2.35. The van der Waals surface area contributed by atoms with E-state index in [2.05, 4.69) is 11.9 Å². The average Bonchev–Trinajstić information content (AvgIpc) is 2.91. The van der Waals surface area contributed by atoms with Gasteiger partial charge < -0.3 is 9.73 Å². The molecule has 2 rings (SSSR count). The van der Waals surface area contributed by atoms with Crippen molar-refractivity contribution >= 4 is 23.9 Å². The second-order valence-corrected chi connectivity index (χ2v) is 3.63. The van der Waals surface area contributed by atoms with Crippen molar-refractivity contribution in [1.29, 1.82) is 0 Å². The number of carbonyl (C=O) groups is 2. The molecule has 0 unspecified atom stereocenters. The van der Waals surface area contributed by atoms with E-state index in [0.717, 1.165) is 11.0 Å². The number of hydrogen-bond acceptors (Lipinski definition) is 5. The van der Waals surface area contributed by atoms with E-state index in [-0.39, 0.29) is 18.0 Å². The van der Waals surface area contributed by atoms with Gasteiger partial charge in [0.25, 0.3) is 5.91 Å². The van der Waals surface area contributed by atoms with Crippen LogP contribution >= 0.6 is 0 Å². The van der Waals surface area contributed by atoms with Crippen LogP contribution in [0.2, 0.25) is 0 Å². The summed E-state index contributed by atoms with van der Waals surface area (Å²) in [6.07, 6.45) is 2.65. The number of carbonyl (C=O) groups excluding carboxylic acids is 2. The summed E-state index contributed by atoms with van der Waals surface area (Å²) in [5, 5.41) is 12.8. The summed E-state index contributed by atoms with van der Waals surface area (Å²) in [7, 11) is 0. The zero-order valence-electron chi connectivity index (χ0n) is 9.66. The maximum absolute atomic E-state index is 11.8. The second kappa shape index (κ2) is 4.77. The molecule has 1 N–H and O–H groups in total. The normalized spacial score (nSPS) is 16.8. The number of hydrogen-bond donors (Lipinski definition) is 1. The fourth-order valence-electron chi connectivity index (χ4n) is 1.53. The summed E-state index contributed by atoms with van der Waals surface area (Å²) in [5.41, 5.74) is -0.00361. The van der Waals surface area contributed by atoms with E-state index < -0.39 is 22.7 Å². The molecular weight excluding hydrogens is 254 g/mol. The first-order valence-corrected chi connectivity index (χ1v) is 5.22. The van der Waals surface area contributed by atoms with Gasteiger partial charge in [-0.2, -0.15) is 0 Å². The van der Waals surface area contributed by atoms with E-state index in [9.17, 15) is 19.7 Å². The Balaban J connectivity index is 2.24. The molecule has 0 aliphatic carbocycles. The van der Waals surface area contributed by atoms with Crippen molar-refractivity contribution in [1.82, 2.24) is 10.2 Å². The Kier molecular flexibility index (Phi) is 3.15. The third-order valence-electron chi connectivity index (χ3n) is 2.35. The third kappa shape index (κ3) is 2.37. The summed E-state index contributed by atoms with van der Waals surface area (Å²) < 4.78 is 4.87. The molecule has 0 aromatic carbocycles. The van der Waals surface area contributed by atoms with Crippen LogP contribution in [0.3, 0.4) is 0 Å². The largest absolute Gasteiger partial charge is 0.433 e. The molecule has 0 atom stereocenters. The molecule has 8 nitrogen and oxygen atoms in total. The van der Waals surface area contributed by atoms with Gasteiger partial charge in [-0.3, -0.25) is 19.8 Å². The van der Waals surface area contributed by atoms with Crippen LogP contribution in [0.1, 0.15) is 5.76 Å².